The van der Waals surface area contributed by atoms with E-state index in [0.717, 1.165) is 26.1 Å². The van der Waals surface area contributed by atoms with Gasteiger partial charge in [-0.25, -0.2) is 0 Å². The van der Waals surface area contributed by atoms with Crippen LogP contribution in [0.25, 0.3) is 0 Å². The molecular formula is C16H22N4O3. The Morgan fingerprint density at radius 3 is 2.74 bits per heavy atom. The molecule has 0 aliphatic carbocycles. The van der Waals surface area contributed by atoms with Gasteiger partial charge in [-0.3, -0.25) is 15.0 Å². The molecular weight excluding hydrogens is 296 g/mol. The molecule has 1 N–H and O–H groups in total. The van der Waals surface area contributed by atoms with Crippen LogP contribution in [0.3, 0.4) is 0 Å². The molecule has 1 fully saturated rings. The van der Waals surface area contributed by atoms with Crippen molar-refractivity contribution in [1.29, 1.82) is 5.26 Å². The molecule has 0 bridgehead atoms. The maximum absolute atomic E-state index is 11.1. The zero-order valence-electron chi connectivity index (χ0n) is 13.5. The van der Waals surface area contributed by atoms with E-state index in [4.69, 9.17) is 10.00 Å². The largest absolute Gasteiger partial charge is 0.379 e. The first kappa shape index (κ1) is 17.2. The molecule has 2 rings (SSSR count). The average Bonchev–Trinajstić information content (AvgIpc) is 2.50. The molecule has 2 unspecified atom stereocenters. The number of ether oxygens (including phenoxy) is 1. The fourth-order valence-corrected chi connectivity index (χ4v) is 2.89. The van der Waals surface area contributed by atoms with Gasteiger partial charge in [0.15, 0.2) is 0 Å². The summed E-state index contributed by atoms with van der Waals surface area (Å²) in [6.07, 6.45) is 1.37. The number of morpholine rings is 1. The number of nitro groups is 1. The molecule has 0 aromatic heterocycles. The van der Waals surface area contributed by atoms with Gasteiger partial charge in [-0.15, -0.1) is 0 Å². The Morgan fingerprint density at radius 2 is 2.13 bits per heavy atom. The second-order valence-corrected chi connectivity index (χ2v) is 5.90. The lowest BCUT2D eigenvalue weighted by Gasteiger charge is -2.35. The van der Waals surface area contributed by atoms with E-state index in [1.54, 1.807) is 12.1 Å². The van der Waals surface area contributed by atoms with Crippen molar-refractivity contribution < 1.29 is 9.66 Å². The summed E-state index contributed by atoms with van der Waals surface area (Å²) in [4.78, 5) is 13.0. The van der Waals surface area contributed by atoms with Crippen molar-refractivity contribution >= 4 is 11.4 Å². The first-order chi connectivity index (χ1) is 11.0. The molecule has 0 amide bonds. The van der Waals surface area contributed by atoms with Crippen LogP contribution in [0, 0.1) is 21.4 Å². The number of hydrogen-bond donors (Lipinski definition) is 1. The van der Waals surface area contributed by atoms with Gasteiger partial charge in [0.05, 0.1) is 28.8 Å². The molecule has 1 aliphatic heterocycles. The molecule has 0 saturated carbocycles. The number of benzene rings is 1. The van der Waals surface area contributed by atoms with Gasteiger partial charge in [-0.2, -0.15) is 5.26 Å². The molecule has 0 radical (unpaired) electrons. The number of anilines is 1. The Hall–Kier alpha value is -2.17. The smallest absolute Gasteiger partial charge is 0.293 e. The first-order valence-electron chi connectivity index (χ1n) is 7.80. The van der Waals surface area contributed by atoms with Crippen molar-refractivity contribution in [3.05, 3.63) is 33.9 Å². The van der Waals surface area contributed by atoms with Crippen molar-refractivity contribution in [3.8, 4) is 6.07 Å². The van der Waals surface area contributed by atoms with E-state index in [9.17, 15) is 10.1 Å². The minimum atomic E-state index is -0.464. The van der Waals surface area contributed by atoms with Crippen LogP contribution in [0.2, 0.25) is 0 Å². The van der Waals surface area contributed by atoms with Crippen molar-refractivity contribution in [2.75, 3.05) is 31.5 Å². The lowest BCUT2D eigenvalue weighted by molar-refractivity contribution is -0.384. The normalized spacial score (nSPS) is 21.6. The molecule has 2 atom stereocenters. The van der Waals surface area contributed by atoms with E-state index in [1.165, 1.54) is 6.07 Å². The van der Waals surface area contributed by atoms with Gasteiger partial charge < -0.3 is 10.1 Å². The highest BCUT2D eigenvalue weighted by Gasteiger charge is 2.21. The van der Waals surface area contributed by atoms with Gasteiger partial charge in [0, 0.05) is 32.2 Å². The quantitative estimate of drug-likeness (QED) is 0.492. The van der Waals surface area contributed by atoms with E-state index in [1.807, 2.05) is 6.07 Å². The van der Waals surface area contributed by atoms with Crippen LogP contribution >= 0.6 is 0 Å². The topological polar surface area (TPSA) is 91.4 Å². The number of nitriles is 1. The number of nitrogens with zero attached hydrogens (tertiary/aromatic N) is 3. The number of nitrogens with one attached hydrogen (secondary N) is 1. The van der Waals surface area contributed by atoms with Gasteiger partial charge in [-0.05, 0) is 32.4 Å². The monoisotopic (exact) mass is 318 g/mol. The van der Waals surface area contributed by atoms with Gasteiger partial charge in [0.2, 0.25) is 0 Å². The van der Waals surface area contributed by atoms with Crippen LogP contribution < -0.4 is 5.32 Å². The minimum absolute atomic E-state index is 0.0577. The third-order valence-corrected chi connectivity index (χ3v) is 3.79. The van der Waals surface area contributed by atoms with Crippen molar-refractivity contribution in [2.24, 2.45) is 0 Å². The summed E-state index contributed by atoms with van der Waals surface area (Å²) >= 11 is 0. The molecule has 7 heteroatoms. The van der Waals surface area contributed by atoms with Crippen LogP contribution in [0.5, 0.6) is 0 Å². The van der Waals surface area contributed by atoms with Crippen LogP contribution in [0.1, 0.15) is 25.8 Å². The molecule has 1 heterocycles. The first-order valence-corrected chi connectivity index (χ1v) is 7.80. The van der Waals surface area contributed by atoms with Crippen LogP contribution in [0.15, 0.2) is 18.2 Å². The second-order valence-electron chi connectivity index (χ2n) is 5.90. The second kappa shape index (κ2) is 7.90. The van der Waals surface area contributed by atoms with E-state index >= 15 is 0 Å². The number of rotatable bonds is 6. The van der Waals surface area contributed by atoms with Gasteiger partial charge in [0.25, 0.3) is 5.69 Å². The van der Waals surface area contributed by atoms with Crippen molar-refractivity contribution in [3.63, 3.8) is 0 Å². The highest BCUT2D eigenvalue weighted by Crippen LogP contribution is 2.25. The predicted molar refractivity (Wildman–Crippen MR) is 87.4 cm³/mol. The molecule has 124 valence electrons. The highest BCUT2D eigenvalue weighted by atomic mass is 16.6. The number of hydrogen-bond acceptors (Lipinski definition) is 6. The summed E-state index contributed by atoms with van der Waals surface area (Å²) in [6.45, 7) is 7.55. The van der Waals surface area contributed by atoms with Crippen molar-refractivity contribution in [2.45, 2.75) is 32.5 Å². The number of nitro benzene ring substituents is 1. The Morgan fingerprint density at radius 1 is 1.43 bits per heavy atom. The molecule has 7 nitrogen and oxygen atoms in total. The van der Waals surface area contributed by atoms with Gasteiger partial charge in [0.1, 0.15) is 5.69 Å². The van der Waals surface area contributed by atoms with Gasteiger partial charge in [-0.1, -0.05) is 0 Å². The summed E-state index contributed by atoms with van der Waals surface area (Å²) in [5.41, 5.74) is 0.689. The zero-order chi connectivity index (χ0) is 16.8. The van der Waals surface area contributed by atoms with Crippen molar-refractivity contribution in [1.82, 2.24) is 4.90 Å². The summed E-state index contributed by atoms with van der Waals surface area (Å²) in [7, 11) is 0. The summed E-state index contributed by atoms with van der Waals surface area (Å²) in [5.74, 6) is 0. The SMILES string of the molecule is CC1CN(CCCNc2ccc(C#N)cc2[N+](=O)[O-])CC(C)O1. The maximum atomic E-state index is 11.1. The lowest BCUT2D eigenvalue weighted by Crippen LogP contribution is -2.45. The van der Waals surface area contributed by atoms with E-state index in [-0.39, 0.29) is 17.9 Å². The summed E-state index contributed by atoms with van der Waals surface area (Å²) < 4.78 is 5.70. The van der Waals surface area contributed by atoms with E-state index in [0.29, 0.717) is 17.8 Å². The van der Waals surface area contributed by atoms with Gasteiger partial charge >= 0.3 is 0 Å². The average molecular weight is 318 g/mol. The molecule has 1 aliphatic rings. The summed E-state index contributed by atoms with van der Waals surface area (Å²) in [6, 6.07) is 6.39. The lowest BCUT2D eigenvalue weighted by atomic mass is 10.2. The zero-order valence-corrected chi connectivity index (χ0v) is 13.5. The molecule has 0 spiro atoms. The standard InChI is InChI=1S/C16H22N4O3/c1-12-10-19(11-13(2)23-12)7-3-6-18-15-5-4-14(9-17)8-16(15)20(21)22/h4-5,8,12-13,18H,3,6-7,10-11H2,1-2H3. The van der Waals surface area contributed by atoms with Crippen LogP contribution in [-0.4, -0.2) is 48.2 Å². The van der Waals surface area contributed by atoms with Crippen LogP contribution in [0.4, 0.5) is 11.4 Å². The fraction of sp³-hybridized carbons (Fsp3) is 0.562. The third kappa shape index (κ3) is 4.91. The Balaban J connectivity index is 1.84. The fourth-order valence-electron chi connectivity index (χ4n) is 2.89. The molecule has 1 aromatic rings. The molecule has 23 heavy (non-hydrogen) atoms. The molecule has 1 aromatic carbocycles. The van der Waals surface area contributed by atoms with E-state index in [2.05, 4.69) is 24.1 Å². The Labute approximate surface area is 136 Å². The third-order valence-electron chi connectivity index (χ3n) is 3.79. The summed E-state index contributed by atoms with van der Waals surface area (Å²) in [5, 5.41) is 23.0. The Kier molecular flexibility index (Phi) is 5.90. The predicted octanol–water partition coefficient (Wildman–Crippen LogP) is 2.38. The highest BCUT2D eigenvalue weighted by molar-refractivity contribution is 5.63. The Bertz CT molecular complexity index is 589. The van der Waals surface area contributed by atoms with E-state index < -0.39 is 4.92 Å². The minimum Gasteiger partial charge on any atom is -0.379 e. The maximum Gasteiger partial charge on any atom is 0.293 e. The molecule has 1 saturated heterocycles. The van der Waals surface area contributed by atoms with Crippen LogP contribution in [-0.2, 0) is 4.74 Å².